The molecule has 5 heteroatoms. The van der Waals surface area contributed by atoms with Crippen molar-refractivity contribution in [1.82, 2.24) is 0 Å². The molecule has 2 unspecified atom stereocenters. The van der Waals surface area contributed by atoms with E-state index in [0.717, 1.165) is 6.07 Å². The van der Waals surface area contributed by atoms with E-state index >= 15 is 0 Å². The number of carbonyl (C=O) groups excluding carboxylic acids is 1. The third kappa shape index (κ3) is 2.10. The van der Waals surface area contributed by atoms with Crippen LogP contribution >= 0.6 is 0 Å². The molecule has 0 bridgehead atoms. The molecule has 1 aromatic carbocycles. The fraction of sp³-hybridized carbons (Fsp3) is 0.417. The maximum absolute atomic E-state index is 13.3. The molecule has 4 nitrogen and oxygen atoms in total. The highest BCUT2D eigenvalue weighted by molar-refractivity contribution is 5.93. The van der Waals surface area contributed by atoms with Crippen molar-refractivity contribution >= 4 is 5.97 Å². The molecule has 1 aliphatic heterocycles. The number of hydrogen-bond acceptors (Lipinski definition) is 4. The minimum Gasteiger partial charge on any atom is -0.486 e. The fourth-order valence-electron chi connectivity index (χ4n) is 1.88. The van der Waals surface area contributed by atoms with E-state index in [-0.39, 0.29) is 5.56 Å². The van der Waals surface area contributed by atoms with Crippen LogP contribution in [0.15, 0.2) is 12.1 Å². The van der Waals surface area contributed by atoms with E-state index in [9.17, 15) is 14.3 Å². The number of aliphatic hydroxyl groups is 1. The van der Waals surface area contributed by atoms with Crippen molar-refractivity contribution in [2.24, 2.45) is 0 Å². The lowest BCUT2D eigenvalue weighted by molar-refractivity contribution is 0.0544. The van der Waals surface area contributed by atoms with E-state index in [1.807, 2.05) is 0 Å². The van der Waals surface area contributed by atoms with Crippen molar-refractivity contribution in [1.29, 1.82) is 0 Å². The van der Waals surface area contributed by atoms with Crippen LogP contribution in [-0.4, -0.2) is 30.4 Å². The third-order valence-electron chi connectivity index (χ3n) is 2.76. The Morgan fingerprint density at radius 1 is 1.65 bits per heavy atom. The first-order valence-corrected chi connectivity index (χ1v) is 5.28. The minimum atomic E-state index is -0.684. The molecule has 0 radical (unpaired) electrons. The molecular weight excluding hydrogens is 227 g/mol. The zero-order valence-corrected chi connectivity index (χ0v) is 9.57. The number of hydrogen-bond donors (Lipinski definition) is 1. The van der Waals surface area contributed by atoms with Crippen molar-refractivity contribution in [3.05, 3.63) is 29.1 Å². The van der Waals surface area contributed by atoms with Gasteiger partial charge in [0.05, 0.1) is 13.2 Å². The summed E-state index contributed by atoms with van der Waals surface area (Å²) in [5, 5.41) is 9.45. The molecule has 0 saturated heterocycles. The molecule has 1 aliphatic rings. The Bertz CT molecular complexity index is 456. The molecule has 0 aliphatic carbocycles. The van der Waals surface area contributed by atoms with Gasteiger partial charge in [0.25, 0.3) is 0 Å². The molecule has 2 rings (SSSR count). The summed E-state index contributed by atoms with van der Waals surface area (Å²) in [4.78, 5) is 11.5. The lowest BCUT2D eigenvalue weighted by atomic mass is 10.0. The van der Waals surface area contributed by atoms with Gasteiger partial charge in [-0.05, 0) is 19.1 Å². The average Bonchev–Trinajstić information content (AvgIpc) is 2.70. The number of halogens is 1. The van der Waals surface area contributed by atoms with Gasteiger partial charge < -0.3 is 14.6 Å². The normalized spacial score (nSPS) is 19.4. The number of rotatable bonds is 2. The number of methoxy groups -OCH3 is 1. The Morgan fingerprint density at radius 2 is 2.35 bits per heavy atom. The first-order valence-electron chi connectivity index (χ1n) is 5.28. The monoisotopic (exact) mass is 240 g/mol. The van der Waals surface area contributed by atoms with Gasteiger partial charge in [0, 0.05) is 12.0 Å². The van der Waals surface area contributed by atoms with Gasteiger partial charge in [0.15, 0.2) is 0 Å². The van der Waals surface area contributed by atoms with Crippen LogP contribution in [0.4, 0.5) is 4.39 Å². The number of esters is 1. The van der Waals surface area contributed by atoms with Crippen molar-refractivity contribution in [3.8, 4) is 5.75 Å². The maximum atomic E-state index is 13.3. The third-order valence-corrected chi connectivity index (χ3v) is 2.76. The first kappa shape index (κ1) is 11.9. The zero-order valence-electron chi connectivity index (χ0n) is 9.57. The second kappa shape index (κ2) is 4.33. The molecule has 0 fully saturated rings. The molecular formula is C12H13FO4. The van der Waals surface area contributed by atoms with E-state index in [1.54, 1.807) is 6.92 Å². The van der Waals surface area contributed by atoms with Crippen molar-refractivity contribution < 1.29 is 23.8 Å². The van der Waals surface area contributed by atoms with Crippen molar-refractivity contribution in [2.75, 3.05) is 7.11 Å². The van der Waals surface area contributed by atoms with Crippen LogP contribution in [0.2, 0.25) is 0 Å². The highest BCUT2D eigenvalue weighted by Gasteiger charge is 2.31. The minimum absolute atomic E-state index is 0.0608. The Labute approximate surface area is 98.0 Å². The average molecular weight is 240 g/mol. The van der Waals surface area contributed by atoms with E-state index in [2.05, 4.69) is 4.74 Å². The number of carbonyl (C=O) groups is 1. The van der Waals surface area contributed by atoms with Crippen LogP contribution in [0.5, 0.6) is 5.75 Å². The predicted molar refractivity (Wildman–Crippen MR) is 57.5 cm³/mol. The van der Waals surface area contributed by atoms with Crippen molar-refractivity contribution in [3.63, 3.8) is 0 Å². The van der Waals surface area contributed by atoms with E-state index in [1.165, 1.54) is 13.2 Å². The van der Waals surface area contributed by atoms with Crippen LogP contribution in [-0.2, 0) is 11.2 Å². The summed E-state index contributed by atoms with van der Waals surface area (Å²) in [6.45, 7) is 1.59. The summed E-state index contributed by atoms with van der Waals surface area (Å²) in [7, 11) is 1.22. The molecule has 0 aromatic heterocycles. The molecule has 0 saturated carbocycles. The van der Waals surface area contributed by atoms with Crippen LogP contribution < -0.4 is 4.74 Å². The van der Waals surface area contributed by atoms with Gasteiger partial charge in [-0.3, -0.25) is 0 Å². The van der Waals surface area contributed by atoms with Crippen molar-refractivity contribution in [2.45, 2.75) is 25.6 Å². The van der Waals surface area contributed by atoms with Crippen LogP contribution in [0.25, 0.3) is 0 Å². The highest BCUT2D eigenvalue weighted by atomic mass is 19.1. The molecule has 0 spiro atoms. The maximum Gasteiger partial charge on any atom is 0.341 e. The molecule has 2 atom stereocenters. The van der Waals surface area contributed by atoms with Crippen LogP contribution in [0.1, 0.15) is 22.8 Å². The second-order valence-electron chi connectivity index (χ2n) is 4.03. The molecule has 17 heavy (non-hydrogen) atoms. The molecule has 0 amide bonds. The largest absolute Gasteiger partial charge is 0.486 e. The number of benzene rings is 1. The summed E-state index contributed by atoms with van der Waals surface area (Å²) in [6.07, 6.45) is -0.749. The quantitative estimate of drug-likeness (QED) is 0.791. The van der Waals surface area contributed by atoms with Gasteiger partial charge in [-0.25, -0.2) is 9.18 Å². The molecule has 1 N–H and O–H groups in total. The van der Waals surface area contributed by atoms with E-state index in [0.29, 0.717) is 17.7 Å². The number of ether oxygens (including phenoxy) is 2. The highest BCUT2D eigenvalue weighted by Crippen LogP contribution is 2.34. The van der Waals surface area contributed by atoms with Crippen LogP contribution in [0, 0.1) is 5.82 Å². The van der Waals surface area contributed by atoms with Gasteiger partial charge >= 0.3 is 5.97 Å². The van der Waals surface area contributed by atoms with Gasteiger partial charge in [0.1, 0.15) is 23.2 Å². The standard InChI is InChI=1S/C12H13FO4/c1-6(14)10-4-7-3-8(13)5-9(11(7)17-10)12(15)16-2/h3,5-6,10,14H,4H2,1-2H3. The zero-order chi connectivity index (χ0) is 12.6. The Morgan fingerprint density at radius 3 is 2.94 bits per heavy atom. The van der Waals surface area contributed by atoms with Crippen LogP contribution in [0.3, 0.4) is 0 Å². The molecule has 1 heterocycles. The number of aliphatic hydroxyl groups excluding tert-OH is 1. The summed E-state index contributed by atoms with van der Waals surface area (Å²) in [5.74, 6) is -0.852. The van der Waals surface area contributed by atoms with E-state index < -0.39 is 24.0 Å². The summed E-state index contributed by atoms with van der Waals surface area (Å²) < 4.78 is 23.3. The SMILES string of the molecule is COC(=O)c1cc(F)cc2c1OC(C(C)O)C2. The molecule has 92 valence electrons. The Hall–Kier alpha value is -1.62. The summed E-state index contributed by atoms with van der Waals surface area (Å²) in [6, 6.07) is 2.39. The second-order valence-corrected chi connectivity index (χ2v) is 4.03. The smallest absolute Gasteiger partial charge is 0.341 e. The van der Waals surface area contributed by atoms with Gasteiger partial charge in [-0.1, -0.05) is 0 Å². The van der Waals surface area contributed by atoms with Gasteiger partial charge in [-0.2, -0.15) is 0 Å². The molecule has 1 aromatic rings. The summed E-state index contributed by atoms with van der Waals surface area (Å²) >= 11 is 0. The lowest BCUT2D eigenvalue weighted by Crippen LogP contribution is -2.27. The lowest BCUT2D eigenvalue weighted by Gasteiger charge is -2.14. The fourth-order valence-corrected chi connectivity index (χ4v) is 1.88. The number of fused-ring (bicyclic) bond motifs is 1. The van der Waals surface area contributed by atoms with Gasteiger partial charge in [-0.15, -0.1) is 0 Å². The Kier molecular flexibility index (Phi) is 3.02. The summed E-state index contributed by atoms with van der Waals surface area (Å²) in [5.41, 5.74) is 0.641. The van der Waals surface area contributed by atoms with E-state index in [4.69, 9.17) is 4.74 Å². The topological polar surface area (TPSA) is 55.8 Å². The first-order chi connectivity index (χ1) is 8.02. The Balaban J connectivity index is 2.42. The predicted octanol–water partition coefficient (Wildman–Crippen LogP) is 1.30. The van der Waals surface area contributed by atoms with Gasteiger partial charge in [0.2, 0.25) is 0 Å².